The van der Waals surface area contributed by atoms with Gasteiger partial charge in [0.25, 0.3) is 17.7 Å². The van der Waals surface area contributed by atoms with Gasteiger partial charge in [-0.2, -0.15) is 13.2 Å². The van der Waals surface area contributed by atoms with E-state index in [1.54, 1.807) is 0 Å². The second kappa shape index (κ2) is 9.95. The number of likely N-dealkylation sites (tertiary alicyclic amines) is 1. The molecular formula is C25H28F5N5O3S. The summed E-state index contributed by atoms with van der Waals surface area (Å²) in [6, 6.07) is -0.674. The first-order valence-corrected chi connectivity index (χ1v) is 13.6. The zero-order valence-corrected chi connectivity index (χ0v) is 22.0. The molecule has 1 saturated heterocycles. The van der Waals surface area contributed by atoms with Crippen molar-refractivity contribution < 1.29 is 36.6 Å². The van der Waals surface area contributed by atoms with Crippen LogP contribution in [0.15, 0.2) is 12.3 Å². The van der Waals surface area contributed by atoms with Gasteiger partial charge in [-0.15, -0.1) is 11.3 Å². The summed E-state index contributed by atoms with van der Waals surface area (Å²) in [7, 11) is 0. The van der Waals surface area contributed by atoms with Gasteiger partial charge in [0, 0.05) is 30.3 Å². The van der Waals surface area contributed by atoms with Crippen LogP contribution in [0.4, 0.5) is 27.8 Å². The standard InChI is InChI=1S/C25H28F5N5O3S/c1-11-8-24(26,27)10-35(11)23(38)19-20(39-22(34-19)21(37)33-16-5-6-17(16)36)14-9-31-18(7-15(14)25(28,29)30)32-12(2)13-3-4-13/h7,9,11-13,16-17,36H,3-6,8,10H2,1-2H3,(H,31,32)(H,33,37)/t11?,12-,16+,17-/m0/s1. The van der Waals surface area contributed by atoms with E-state index in [1.807, 2.05) is 6.92 Å². The Bertz CT molecular complexity index is 1280. The van der Waals surface area contributed by atoms with Crippen molar-refractivity contribution in [1.82, 2.24) is 20.2 Å². The predicted molar refractivity (Wildman–Crippen MR) is 133 cm³/mol. The highest BCUT2D eigenvalue weighted by Crippen LogP contribution is 2.43. The molecule has 39 heavy (non-hydrogen) atoms. The molecule has 0 spiro atoms. The lowest BCUT2D eigenvalue weighted by atomic mass is 9.89. The van der Waals surface area contributed by atoms with Gasteiger partial charge >= 0.3 is 6.18 Å². The average Bonchev–Trinajstić information content (AvgIpc) is 3.55. The van der Waals surface area contributed by atoms with Crippen LogP contribution in [-0.2, 0) is 6.18 Å². The van der Waals surface area contributed by atoms with Gasteiger partial charge in [-0.1, -0.05) is 0 Å². The van der Waals surface area contributed by atoms with E-state index >= 15 is 0 Å². The highest BCUT2D eigenvalue weighted by molar-refractivity contribution is 7.17. The van der Waals surface area contributed by atoms with Gasteiger partial charge in [0.05, 0.1) is 29.1 Å². The number of hydrogen-bond donors (Lipinski definition) is 3. The highest BCUT2D eigenvalue weighted by Gasteiger charge is 2.47. The first-order valence-electron chi connectivity index (χ1n) is 12.8. The average molecular weight is 574 g/mol. The van der Waals surface area contributed by atoms with Gasteiger partial charge in [0.1, 0.15) is 11.5 Å². The normalized spacial score (nSPS) is 25.2. The number of aromatic nitrogens is 2. The van der Waals surface area contributed by atoms with E-state index in [2.05, 4.69) is 20.6 Å². The summed E-state index contributed by atoms with van der Waals surface area (Å²) >= 11 is 0.551. The third-order valence-corrected chi connectivity index (χ3v) is 8.61. The Kier molecular flexibility index (Phi) is 7.06. The van der Waals surface area contributed by atoms with Crippen LogP contribution in [0.2, 0.25) is 0 Å². The summed E-state index contributed by atoms with van der Waals surface area (Å²) < 4.78 is 71.0. The van der Waals surface area contributed by atoms with Crippen LogP contribution in [0.25, 0.3) is 10.4 Å². The summed E-state index contributed by atoms with van der Waals surface area (Å²) in [6.45, 7) is 2.37. The molecule has 3 N–H and O–H groups in total. The van der Waals surface area contributed by atoms with E-state index in [0.29, 0.717) is 30.1 Å². The summed E-state index contributed by atoms with van der Waals surface area (Å²) in [5, 5.41) is 15.0. The second-order valence-electron chi connectivity index (χ2n) is 10.6. The highest BCUT2D eigenvalue weighted by atomic mass is 32.1. The second-order valence-corrected chi connectivity index (χ2v) is 11.6. The molecule has 212 valence electrons. The van der Waals surface area contributed by atoms with Gasteiger partial charge in [0.2, 0.25) is 0 Å². The number of nitrogens with one attached hydrogen (secondary N) is 2. The van der Waals surface area contributed by atoms with E-state index in [9.17, 15) is 36.6 Å². The van der Waals surface area contributed by atoms with E-state index in [1.165, 1.54) is 6.92 Å². The molecule has 3 heterocycles. The van der Waals surface area contributed by atoms with Gasteiger partial charge < -0.3 is 20.6 Å². The van der Waals surface area contributed by atoms with Gasteiger partial charge in [-0.25, -0.2) is 18.7 Å². The van der Waals surface area contributed by atoms with Crippen LogP contribution in [-0.4, -0.2) is 68.5 Å². The van der Waals surface area contributed by atoms with Crippen LogP contribution < -0.4 is 10.6 Å². The molecule has 5 rings (SSSR count). The van der Waals surface area contributed by atoms with E-state index in [0.717, 1.165) is 30.0 Å². The number of aliphatic hydroxyl groups excluding tert-OH is 1. The Balaban J connectivity index is 1.55. The number of aliphatic hydroxyl groups is 1. The Labute approximate surface area is 225 Å². The fraction of sp³-hybridized carbons (Fsp3) is 0.600. The van der Waals surface area contributed by atoms with Crippen molar-refractivity contribution in [3.63, 3.8) is 0 Å². The van der Waals surface area contributed by atoms with Crippen molar-refractivity contribution >= 4 is 29.0 Å². The maximum Gasteiger partial charge on any atom is 0.417 e. The van der Waals surface area contributed by atoms with Gasteiger partial charge in [-0.05, 0) is 51.5 Å². The molecule has 2 aromatic heterocycles. The van der Waals surface area contributed by atoms with Gasteiger partial charge in [-0.3, -0.25) is 9.59 Å². The molecule has 14 heteroatoms. The molecule has 2 aliphatic carbocycles. The molecule has 0 aromatic carbocycles. The lowest BCUT2D eigenvalue weighted by Gasteiger charge is -2.32. The summed E-state index contributed by atoms with van der Waals surface area (Å²) in [6.07, 6.45) is -2.31. The molecule has 2 amide bonds. The van der Waals surface area contributed by atoms with Crippen molar-refractivity contribution in [2.75, 3.05) is 11.9 Å². The molecule has 4 atom stereocenters. The number of halogens is 5. The molecule has 0 bridgehead atoms. The molecule has 3 aliphatic rings. The monoisotopic (exact) mass is 573 g/mol. The zero-order chi connectivity index (χ0) is 28.3. The first kappa shape index (κ1) is 27.7. The number of rotatable bonds is 7. The van der Waals surface area contributed by atoms with Crippen LogP contribution >= 0.6 is 11.3 Å². The number of anilines is 1. The molecule has 1 unspecified atom stereocenters. The minimum atomic E-state index is -4.85. The van der Waals surface area contributed by atoms with Crippen molar-refractivity contribution in [2.24, 2.45) is 5.92 Å². The van der Waals surface area contributed by atoms with Gasteiger partial charge in [0.15, 0.2) is 5.01 Å². The first-order chi connectivity index (χ1) is 18.2. The molecule has 2 aromatic rings. The van der Waals surface area contributed by atoms with Crippen molar-refractivity contribution in [3.8, 4) is 10.4 Å². The quantitative estimate of drug-likeness (QED) is 0.420. The third kappa shape index (κ3) is 5.72. The maximum absolute atomic E-state index is 14.3. The zero-order valence-electron chi connectivity index (χ0n) is 21.2. The van der Waals surface area contributed by atoms with E-state index < -0.39 is 71.9 Å². The number of amides is 2. The lowest BCUT2D eigenvalue weighted by molar-refractivity contribution is -0.137. The molecule has 3 fully saturated rings. The number of nitrogens with zero attached hydrogens (tertiary/aromatic N) is 3. The van der Waals surface area contributed by atoms with Crippen LogP contribution in [0, 0.1) is 5.92 Å². The molecule has 0 radical (unpaired) electrons. The van der Waals surface area contributed by atoms with Crippen molar-refractivity contribution in [1.29, 1.82) is 0 Å². The molecular weight excluding hydrogens is 545 g/mol. The number of carbonyl (C=O) groups excluding carboxylic acids is 2. The Morgan fingerprint density at radius 1 is 1.23 bits per heavy atom. The van der Waals surface area contributed by atoms with Crippen molar-refractivity contribution in [3.05, 3.63) is 28.5 Å². The Hall–Kier alpha value is -2.87. The third-order valence-electron chi connectivity index (χ3n) is 7.53. The number of hydrogen-bond acceptors (Lipinski definition) is 7. The molecule has 2 saturated carbocycles. The topological polar surface area (TPSA) is 107 Å². The molecule has 1 aliphatic heterocycles. The number of thiazole rings is 1. The molecule has 8 nitrogen and oxygen atoms in total. The largest absolute Gasteiger partial charge is 0.417 e. The predicted octanol–water partition coefficient (Wildman–Crippen LogP) is 4.56. The number of carbonyl (C=O) groups is 2. The van der Waals surface area contributed by atoms with Crippen LogP contribution in [0.1, 0.15) is 71.8 Å². The summed E-state index contributed by atoms with van der Waals surface area (Å²) in [4.78, 5) is 35.1. The number of alkyl halides is 5. The summed E-state index contributed by atoms with van der Waals surface area (Å²) in [5.74, 6) is -4.57. The van der Waals surface area contributed by atoms with E-state index in [-0.39, 0.29) is 21.7 Å². The van der Waals surface area contributed by atoms with Crippen LogP contribution in [0.5, 0.6) is 0 Å². The Morgan fingerprint density at radius 3 is 2.49 bits per heavy atom. The minimum Gasteiger partial charge on any atom is -0.391 e. The van der Waals surface area contributed by atoms with E-state index in [4.69, 9.17) is 0 Å². The summed E-state index contributed by atoms with van der Waals surface area (Å²) in [5.41, 5.74) is -2.10. The number of pyridine rings is 1. The lowest BCUT2D eigenvalue weighted by Crippen LogP contribution is -2.50. The minimum absolute atomic E-state index is 0.00705. The van der Waals surface area contributed by atoms with Crippen LogP contribution in [0.3, 0.4) is 0 Å². The fourth-order valence-electron chi connectivity index (χ4n) is 4.94. The smallest absolute Gasteiger partial charge is 0.391 e. The fourth-order valence-corrected chi connectivity index (χ4v) is 5.93. The maximum atomic E-state index is 14.3. The SMILES string of the molecule is CC1CC(F)(F)CN1C(=O)c1nc(C(=O)N[C@@H]2CC[C@@H]2O)sc1-c1cnc(N[C@@H](C)C2CC2)cc1C(F)(F)F. The van der Waals surface area contributed by atoms with Crippen molar-refractivity contribution in [2.45, 2.75) is 82.3 Å². The Morgan fingerprint density at radius 2 is 1.95 bits per heavy atom.